The van der Waals surface area contributed by atoms with Crippen molar-refractivity contribution in [2.24, 2.45) is 0 Å². The van der Waals surface area contributed by atoms with Crippen LogP contribution in [0.3, 0.4) is 0 Å². The fourth-order valence-electron chi connectivity index (χ4n) is 1.94. The van der Waals surface area contributed by atoms with Gasteiger partial charge in [0.1, 0.15) is 0 Å². The number of halogens is 2. The van der Waals surface area contributed by atoms with Crippen molar-refractivity contribution in [3.05, 3.63) is 32.4 Å². The van der Waals surface area contributed by atoms with Gasteiger partial charge < -0.3 is 10.2 Å². The van der Waals surface area contributed by atoms with Gasteiger partial charge in [-0.3, -0.25) is 4.79 Å². The van der Waals surface area contributed by atoms with Gasteiger partial charge in [0.2, 0.25) is 0 Å². The third-order valence-electron chi connectivity index (χ3n) is 2.93. The molecular weight excluding hydrogens is 351 g/mol. The van der Waals surface area contributed by atoms with E-state index in [1.807, 2.05) is 17.0 Å². The summed E-state index contributed by atoms with van der Waals surface area (Å²) in [7, 11) is 0. The molecular formula is C12H14ClIN2O. The average Bonchev–Trinajstić information content (AvgIpc) is 2.32. The van der Waals surface area contributed by atoms with E-state index in [1.165, 1.54) is 0 Å². The molecule has 1 N–H and O–H groups in total. The van der Waals surface area contributed by atoms with Crippen LogP contribution in [-0.4, -0.2) is 36.5 Å². The molecule has 1 saturated heterocycles. The number of rotatable bonds is 1. The lowest BCUT2D eigenvalue weighted by Crippen LogP contribution is -2.52. The molecule has 1 fully saturated rings. The first-order chi connectivity index (χ1) is 8.09. The monoisotopic (exact) mass is 364 g/mol. The number of hydrogen-bond acceptors (Lipinski definition) is 2. The highest BCUT2D eigenvalue weighted by molar-refractivity contribution is 14.1. The Morgan fingerprint density at radius 1 is 1.59 bits per heavy atom. The summed E-state index contributed by atoms with van der Waals surface area (Å²) in [5.74, 6) is 0.0669. The highest BCUT2D eigenvalue weighted by Crippen LogP contribution is 2.21. The van der Waals surface area contributed by atoms with E-state index in [9.17, 15) is 4.79 Å². The molecule has 0 unspecified atom stereocenters. The molecule has 1 atom stereocenters. The zero-order valence-corrected chi connectivity index (χ0v) is 12.5. The molecule has 5 heteroatoms. The van der Waals surface area contributed by atoms with Gasteiger partial charge in [-0.2, -0.15) is 0 Å². The second-order valence-electron chi connectivity index (χ2n) is 4.18. The van der Waals surface area contributed by atoms with Gasteiger partial charge in [0.05, 0.1) is 5.02 Å². The van der Waals surface area contributed by atoms with E-state index in [-0.39, 0.29) is 11.9 Å². The van der Waals surface area contributed by atoms with Crippen molar-refractivity contribution >= 4 is 40.1 Å². The minimum Gasteiger partial charge on any atom is -0.333 e. The fraction of sp³-hybridized carbons (Fsp3) is 0.417. The van der Waals surface area contributed by atoms with Crippen molar-refractivity contribution in [1.82, 2.24) is 10.2 Å². The first-order valence-electron chi connectivity index (χ1n) is 5.56. The van der Waals surface area contributed by atoms with Crippen molar-refractivity contribution in [3.63, 3.8) is 0 Å². The summed E-state index contributed by atoms with van der Waals surface area (Å²) in [4.78, 5) is 14.2. The van der Waals surface area contributed by atoms with E-state index < -0.39 is 0 Å². The van der Waals surface area contributed by atoms with Crippen LogP contribution in [0.15, 0.2) is 18.2 Å². The van der Waals surface area contributed by atoms with Gasteiger partial charge in [-0.05, 0) is 47.7 Å². The summed E-state index contributed by atoms with van der Waals surface area (Å²) in [6, 6.07) is 5.70. The van der Waals surface area contributed by atoms with E-state index in [0.29, 0.717) is 10.6 Å². The minimum absolute atomic E-state index is 0.0669. The predicted molar refractivity (Wildman–Crippen MR) is 77.5 cm³/mol. The molecule has 0 spiro atoms. The molecule has 17 heavy (non-hydrogen) atoms. The maximum Gasteiger partial charge on any atom is 0.254 e. The normalized spacial score (nSPS) is 20.4. The Bertz CT molecular complexity index is 439. The molecule has 3 nitrogen and oxygen atoms in total. The van der Waals surface area contributed by atoms with Gasteiger partial charge in [-0.25, -0.2) is 0 Å². The number of benzene rings is 1. The van der Waals surface area contributed by atoms with Crippen LogP contribution in [0.4, 0.5) is 0 Å². The Morgan fingerprint density at radius 3 is 3.00 bits per heavy atom. The maximum absolute atomic E-state index is 12.3. The molecule has 0 aliphatic carbocycles. The summed E-state index contributed by atoms with van der Waals surface area (Å²) in [5, 5.41) is 3.91. The van der Waals surface area contributed by atoms with Crippen molar-refractivity contribution in [2.75, 3.05) is 19.6 Å². The number of carbonyl (C=O) groups is 1. The van der Waals surface area contributed by atoms with E-state index in [0.717, 1.165) is 23.2 Å². The second kappa shape index (κ2) is 5.54. The molecule has 0 aromatic heterocycles. The molecule has 0 saturated carbocycles. The average molecular weight is 365 g/mol. The third-order valence-corrected chi connectivity index (χ3v) is 4.50. The quantitative estimate of drug-likeness (QED) is 0.776. The van der Waals surface area contributed by atoms with Gasteiger partial charge in [-0.1, -0.05) is 11.6 Å². The Labute approximate surface area is 120 Å². The van der Waals surface area contributed by atoms with Crippen LogP contribution in [0.25, 0.3) is 0 Å². The zero-order chi connectivity index (χ0) is 12.4. The zero-order valence-electron chi connectivity index (χ0n) is 9.54. The summed E-state index contributed by atoms with van der Waals surface area (Å²) < 4.78 is 0.967. The molecule has 92 valence electrons. The van der Waals surface area contributed by atoms with E-state index >= 15 is 0 Å². The van der Waals surface area contributed by atoms with E-state index in [1.54, 1.807) is 6.07 Å². The lowest BCUT2D eigenvalue weighted by molar-refractivity contribution is 0.0656. The maximum atomic E-state index is 12.3. The van der Waals surface area contributed by atoms with Crippen LogP contribution in [0.2, 0.25) is 5.02 Å². The largest absolute Gasteiger partial charge is 0.333 e. The van der Waals surface area contributed by atoms with E-state index in [2.05, 4.69) is 34.8 Å². The Hall–Kier alpha value is -0.330. The SMILES string of the molecule is C[C@@H]1CNCCN1C(=O)c1ccc(I)c(Cl)c1. The summed E-state index contributed by atoms with van der Waals surface area (Å²) in [5.41, 5.74) is 0.671. The second-order valence-corrected chi connectivity index (χ2v) is 5.75. The number of carbonyl (C=O) groups excluding carboxylic acids is 1. The first kappa shape index (κ1) is 13.1. The van der Waals surface area contributed by atoms with Gasteiger partial charge >= 0.3 is 0 Å². The van der Waals surface area contributed by atoms with Crippen LogP contribution in [-0.2, 0) is 0 Å². The first-order valence-corrected chi connectivity index (χ1v) is 7.02. The molecule has 1 aromatic rings. The molecule has 0 bridgehead atoms. The van der Waals surface area contributed by atoms with Crippen LogP contribution in [0.1, 0.15) is 17.3 Å². The molecule has 1 heterocycles. The van der Waals surface area contributed by atoms with Crippen molar-refractivity contribution < 1.29 is 4.79 Å². The Kier molecular flexibility index (Phi) is 4.27. The highest BCUT2D eigenvalue weighted by atomic mass is 127. The Balaban J connectivity index is 2.21. The van der Waals surface area contributed by atoms with Crippen LogP contribution < -0.4 is 5.32 Å². The molecule has 1 aliphatic rings. The van der Waals surface area contributed by atoms with Gasteiger partial charge in [0.25, 0.3) is 5.91 Å². The van der Waals surface area contributed by atoms with Crippen LogP contribution >= 0.6 is 34.2 Å². The highest BCUT2D eigenvalue weighted by Gasteiger charge is 2.24. The van der Waals surface area contributed by atoms with Crippen molar-refractivity contribution in [1.29, 1.82) is 0 Å². The number of piperazine rings is 1. The molecule has 2 rings (SSSR count). The number of amides is 1. The number of nitrogens with one attached hydrogen (secondary N) is 1. The van der Waals surface area contributed by atoms with Gasteiger partial charge in [0.15, 0.2) is 0 Å². The molecule has 1 aromatic carbocycles. The molecule has 1 aliphatic heterocycles. The van der Waals surface area contributed by atoms with Crippen LogP contribution in [0, 0.1) is 3.57 Å². The summed E-state index contributed by atoms with van der Waals surface area (Å²) in [6.45, 7) is 4.51. The third kappa shape index (κ3) is 2.92. The minimum atomic E-state index is 0.0669. The van der Waals surface area contributed by atoms with Crippen molar-refractivity contribution in [2.45, 2.75) is 13.0 Å². The van der Waals surface area contributed by atoms with Crippen molar-refractivity contribution in [3.8, 4) is 0 Å². The van der Waals surface area contributed by atoms with Crippen LogP contribution in [0.5, 0.6) is 0 Å². The van der Waals surface area contributed by atoms with E-state index in [4.69, 9.17) is 11.6 Å². The summed E-state index contributed by atoms with van der Waals surface area (Å²) in [6.07, 6.45) is 0. The lowest BCUT2D eigenvalue weighted by Gasteiger charge is -2.34. The molecule has 0 radical (unpaired) electrons. The van der Waals surface area contributed by atoms with Gasteiger partial charge in [0, 0.05) is 34.8 Å². The standard InChI is InChI=1S/C12H14ClIN2O/c1-8-7-15-4-5-16(8)12(17)9-2-3-11(14)10(13)6-9/h2-3,6,8,15H,4-5,7H2,1H3/t8-/m1/s1. The van der Waals surface area contributed by atoms with Gasteiger partial charge in [-0.15, -0.1) is 0 Å². The lowest BCUT2D eigenvalue weighted by atomic mass is 10.1. The predicted octanol–water partition coefficient (Wildman–Crippen LogP) is 2.38. The summed E-state index contributed by atoms with van der Waals surface area (Å²) >= 11 is 8.20. The molecule has 1 amide bonds. The number of hydrogen-bond donors (Lipinski definition) is 1. The smallest absolute Gasteiger partial charge is 0.254 e. The number of nitrogens with zero attached hydrogens (tertiary/aromatic N) is 1. The topological polar surface area (TPSA) is 32.3 Å². The Morgan fingerprint density at radius 2 is 2.35 bits per heavy atom. The fourth-order valence-corrected chi connectivity index (χ4v) is 2.45.